The fraction of sp³-hybridized carbons (Fsp3) is 0.300. The normalized spacial score (nSPS) is 19.5. The molecule has 1 amide bonds. The topological polar surface area (TPSA) is 84.3 Å². The van der Waals surface area contributed by atoms with E-state index < -0.39 is 4.92 Å². The average Bonchev–Trinajstić information content (AvgIpc) is 2.64. The molecule has 6 heteroatoms. The average molecular weight is 221 g/mol. The van der Waals surface area contributed by atoms with Crippen LogP contribution in [0.1, 0.15) is 12.0 Å². The number of carbonyl (C=O) groups is 1. The van der Waals surface area contributed by atoms with Crippen LogP contribution < -0.4 is 10.9 Å². The number of nitro benzene ring substituents is 1. The molecular weight excluding hydrogens is 210 g/mol. The molecule has 2 N–H and O–H groups in total. The molecule has 84 valence electrons. The Hall–Kier alpha value is -1.95. The zero-order chi connectivity index (χ0) is 11.5. The lowest BCUT2D eigenvalue weighted by Gasteiger charge is -2.08. The molecule has 2 rings (SSSR count). The Morgan fingerprint density at radius 3 is 2.81 bits per heavy atom. The van der Waals surface area contributed by atoms with Crippen LogP contribution in [0.15, 0.2) is 24.3 Å². The third-order valence-corrected chi connectivity index (χ3v) is 2.50. The third kappa shape index (κ3) is 2.17. The van der Waals surface area contributed by atoms with Crippen molar-refractivity contribution in [2.45, 2.75) is 18.9 Å². The van der Waals surface area contributed by atoms with E-state index in [-0.39, 0.29) is 17.6 Å². The monoisotopic (exact) mass is 221 g/mol. The zero-order valence-corrected chi connectivity index (χ0v) is 8.47. The van der Waals surface area contributed by atoms with Crippen molar-refractivity contribution in [2.75, 3.05) is 0 Å². The van der Waals surface area contributed by atoms with Gasteiger partial charge in [0.2, 0.25) is 5.91 Å². The number of rotatable bonds is 3. The van der Waals surface area contributed by atoms with Crippen LogP contribution >= 0.6 is 0 Å². The molecule has 1 aliphatic rings. The summed E-state index contributed by atoms with van der Waals surface area (Å²) in [6, 6.07) is 6.50. The van der Waals surface area contributed by atoms with Gasteiger partial charge in [0.25, 0.3) is 5.69 Å². The number of para-hydroxylation sites is 1. The SMILES string of the molecule is O=C1CC(Cc2ccccc2[N+](=O)[O-])NN1. The maximum atomic E-state index is 11.0. The summed E-state index contributed by atoms with van der Waals surface area (Å²) in [6.45, 7) is 0. The lowest BCUT2D eigenvalue weighted by atomic mass is 10.0. The number of benzene rings is 1. The van der Waals surface area contributed by atoms with Crippen LogP contribution in [0.5, 0.6) is 0 Å². The molecular formula is C10H11N3O3. The molecule has 0 aliphatic carbocycles. The van der Waals surface area contributed by atoms with Crippen molar-refractivity contribution >= 4 is 11.6 Å². The number of nitrogens with one attached hydrogen (secondary N) is 2. The van der Waals surface area contributed by atoms with Gasteiger partial charge < -0.3 is 0 Å². The van der Waals surface area contributed by atoms with Gasteiger partial charge >= 0.3 is 0 Å². The molecule has 1 unspecified atom stereocenters. The summed E-state index contributed by atoms with van der Waals surface area (Å²) in [5.41, 5.74) is 6.02. The molecule has 1 fully saturated rings. The summed E-state index contributed by atoms with van der Waals surface area (Å²) >= 11 is 0. The van der Waals surface area contributed by atoms with Crippen LogP contribution in [0, 0.1) is 10.1 Å². The Kier molecular flexibility index (Phi) is 2.82. The number of hydrogen-bond donors (Lipinski definition) is 2. The van der Waals surface area contributed by atoms with Crippen LogP contribution in [0.3, 0.4) is 0 Å². The molecule has 1 aliphatic heterocycles. The maximum Gasteiger partial charge on any atom is 0.272 e. The predicted molar refractivity (Wildman–Crippen MR) is 56.5 cm³/mol. The second-order valence-electron chi connectivity index (χ2n) is 3.68. The molecule has 1 atom stereocenters. The highest BCUT2D eigenvalue weighted by Crippen LogP contribution is 2.20. The Balaban J connectivity index is 2.14. The Bertz CT molecular complexity index is 433. The first kappa shape index (κ1) is 10.6. The summed E-state index contributed by atoms with van der Waals surface area (Å²) in [5.74, 6) is -0.0800. The van der Waals surface area contributed by atoms with Crippen LogP contribution in [0.2, 0.25) is 0 Å². The van der Waals surface area contributed by atoms with Crippen molar-refractivity contribution in [2.24, 2.45) is 0 Å². The Morgan fingerprint density at radius 1 is 1.44 bits per heavy atom. The van der Waals surface area contributed by atoms with E-state index in [0.717, 1.165) is 0 Å². The Labute approximate surface area is 91.8 Å². The van der Waals surface area contributed by atoms with Gasteiger partial charge in [0.1, 0.15) is 0 Å². The highest BCUT2D eigenvalue weighted by Gasteiger charge is 2.24. The second kappa shape index (κ2) is 4.28. The van der Waals surface area contributed by atoms with Crippen LogP contribution in [-0.2, 0) is 11.2 Å². The van der Waals surface area contributed by atoms with Crippen LogP contribution in [0.25, 0.3) is 0 Å². The minimum atomic E-state index is -0.403. The van der Waals surface area contributed by atoms with E-state index in [1.165, 1.54) is 6.07 Å². The lowest BCUT2D eigenvalue weighted by molar-refractivity contribution is -0.385. The minimum Gasteiger partial charge on any atom is -0.291 e. The van der Waals surface area contributed by atoms with Crippen LogP contribution in [0.4, 0.5) is 5.69 Å². The summed E-state index contributed by atoms with van der Waals surface area (Å²) in [7, 11) is 0. The fourth-order valence-electron chi connectivity index (χ4n) is 1.76. The van der Waals surface area contributed by atoms with Gasteiger partial charge in [-0.3, -0.25) is 20.3 Å². The molecule has 0 saturated carbocycles. The molecule has 6 nitrogen and oxygen atoms in total. The first-order valence-corrected chi connectivity index (χ1v) is 4.93. The number of carbonyl (C=O) groups excluding carboxylic acids is 1. The van der Waals surface area contributed by atoms with Crippen molar-refractivity contribution in [3.63, 3.8) is 0 Å². The lowest BCUT2D eigenvalue weighted by Crippen LogP contribution is -2.32. The van der Waals surface area contributed by atoms with Gasteiger partial charge in [0.15, 0.2) is 0 Å². The van der Waals surface area contributed by atoms with Gasteiger partial charge in [-0.15, -0.1) is 0 Å². The fourth-order valence-corrected chi connectivity index (χ4v) is 1.76. The van der Waals surface area contributed by atoms with Gasteiger partial charge in [0.05, 0.1) is 4.92 Å². The van der Waals surface area contributed by atoms with E-state index in [9.17, 15) is 14.9 Å². The van der Waals surface area contributed by atoms with Gasteiger partial charge in [-0.05, 0) is 6.42 Å². The summed E-state index contributed by atoms with van der Waals surface area (Å²) in [6.07, 6.45) is 0.821. The molecule has 1 aromatic carbocycles. The molecule has 1 saturated heterocycles. The smallest absolute Gasteiger partial charge is 0.272 e. The highest BCUT2D eigenvalue weighted by molar-refractivity contribution is 5.78. The molecule has 16 heavy (non-hydrogen) atoms. The van der Waals surface area contributed by atoms with Crippen molar-refractivity contribution in [1.82, 2.24) is 10.9 Å². The van der Waals surface area contributed by atoms with E-state index >= 15 is 0 Å². The largest absolute Gasteiger partial charge is 0.291 e. The van der Waals surface area contributed by atoms with E-state index in [0.29, 0.717) is 18.4 Å². The first-order valence-electron chi connectivity index (χ1n) is 4.93. The first-order chi connectivity index (χ1) is 7.66. The molecule has 0 bridgehead atoms. The van der Waals surface area contributed by atoms with E-state index in [1.54, 1.807) is 18.2 Å². The van der Waals surface area contributed by atoms with E-state index in [1.807, 2.05) is 0 Å². The second-order valence-corrected chi connectivity index (χ2v) is 3.68. The number of nitrogens with zero attached hydrogens (tertiary/aromatic N) is 1. The predicted octanol–water partition coefficient (Wildman–Crippen LogP) is 0.530. The molecule has 0 aromatic heterocycles. The van der Waals surface area contributed by atoms with Crippen LogP contribution in [-0.4, -0.2) is 16.9 Å². The number of hydrazine groups is 1. The molecule has 0 radical (unpaired) electrons. The quantitative estimate of drug-likeness (QED) is 0.576. The van der Waals surface area contributed by atoms with Gasteiger partial charge in [-0.1, -0.05) is 18.2 Å². The zero-order valence-electron chi connectivity index (χ0n) is 8.47. The van der Waals surface area contributed by atoms with Gasteiger partial charge in [-0.2, -0.15) is 0 Å². The summed E-state index contributed by atoms with van der Waals surface area (Å²) in [5, 5.41) is 10.8. The highest BCUT2D eigenvalue weighted by atomic mass is 16.6. The van der Waals surface area contributed by atoms with E-state index in [2.05, 4.69) is 10.9 Å². The van der Waals surface area contributed by atoms with Gasteiger partial charge in [-0.25, -0.2) is 5.43 Å². The van der Waals surface area contributed by atoms with Crippen molar-refractivity contribution in [3.8, 4) is 0 Å². The van der Waals surface area contributed by atoms with Crippen molar-refractivity contribution in [1.29, 1.82) is 0 Å². The standard InChI is InChI=1S/C10H11N3O3/c14-10-6-8(11-12-10)5-7-3-1-2-4-9(7)13(15)16/h1-4,8,11H,5-6H2,(H,12,14). The molecule has 0 spiro atoms. The third-order valence-electron chi connectivity index (χ3n) is 2.50. The Morgan fingerprint density at radius 2 is 2.19 bits per heavy atom. The molecule has 1 heterocycles. The minimum absolute atomic E-state index is 0.0754. The van der Waals surface area contributed by atoms with E-state index in [4.69, 9.17) is 0 Å². The maximum absolute atomic E-state index is 11.0. The number of nitro groups is 1. The van der Waals surface area contributed by atoms with Gasteiger partial charge in [0, 0.05) is 24.1 Å². The summed E-state index contributed by atoms with van der Waals surface area (Å²) in [4.78, 5) is 21.3. The molecule has 1 aromatic rings. The number of amides is 1. The van der Waals surface area contributed by atoms with Crippen molar-refractivity contribution < 1.29 is 9.72 Å². The summed E-state index contributed by atoms with van der Waals surface area (Å²) < 4.78 is 0. The number of hydrogen-bond acceptors (Lipinski definition) is 4. The van der Waals surface area contributed by atoms with Crippen molar-refractivity contribution in [3.05, 3.63) is 39.9 Å².